The molecule has 0 aromatic heterocycles. The Bertz CT molecular complexity index is 1350. The van der Waals surface area contributed by atoms with Crippen LogP contribution in [-0.4, -0.2) is 107 Å². The summed E-state index contributed by atoms with van der Waals surface area (Å²) in [7, 11) is -0.455. The molecular formula is C41H76BrNO8Si2. The zero-order chi connectivity index (χ0) is 40.5. The maximum Gasteiger partial charge on any atom is 0.311 e. The van der Waals surface area contributed by atoms with E-state index in [2.05, 4.69) is 136 Å². The first-order valence-electron chi connectivity index (χ1n) is 20.2. The Balaban J connectivity index is 1.94. The molecule has 0 aromatic carbocycles. The number of fused-ring (bicyclic) bond motifs is 2. The fourth-order valence-corrected chi connectivity index (χ4v) is 12.0. The molecule has 4 heterocycles. The molecule has 1 spiro atoms. The molecule has 0 aromatic rings. The maximum absolute atomic E-state index is 14.5. The van der Waals surface area contributed by atoms with Crippen LogP contribution < -0.4 is 0 Å². The van der Waals surface area contributed by atoms with Crippen molar-refractivity contribution in [1.82, 2.24) is 4.90 Å². The van der Waals surface area contributed by atoms with E-state index >= 15 is 0 Å². The molecule has 4 aliphatic heterocycles. The van der Waals surface area contributed by atoms with Gasteiger partial charge in [0.25, 0.3) is 0 Å². The third-order valence-corrected chi connectivity index (χ3v) is 23.5. The van der Waals surface area contributed by atoms with Gasteiger partial charge >= 0.3 is 5.97 Å². The molecule has 12 heteroatoms. The predicted molar refractivity (Wildman–Crippen MR) is 221 cm³/mol. The van der Waals surface area contributed by atoms with Gasteiger partial charge in [-0.05, 0) is 109 Å². The summed E-state index contributed by atoms with van der Waals surface area (Å²) in [6, 6.07) is 0.0722. The van der Waals surface area contributed by atoms with Crippen molar-refractivity contribution in [1.29, 1.82) is 0 Å². The number of hydrogen-bond acceptors (Lipinski definition) is 9. The topological polar surface area (TPSA) is 84.9 Å². The first kappa shape index (κ1) is 45.5. The highest BCUT2D eigenvalue weighted by Gasteiger charge is 2.66. The van der Waals surface area contributed by atoms with Crippen LogP contribution in [0.1, 0.15) is 109 Å². The predicted octanol–water partition coefficient (Wildman–Crippen LogP) is 9.45. The van der Waals surface area contributed by atoms with Crippen LogP contribution in [0.2, 0.25) is 36.3 Å². The molecule has 9 nitrogen and oxygen atoms in total. The standard InChI is InChI=1S/C41H76BrNO8Si2/c1-20-31-39(12)23-29(24-42)41(50-39)25(2)22-40(13,51-41)34(27(4)32(28(5)35(44)46-31)48-52(16,17)37(6,7)8)47-36-33(49-53(18,19)38(9,10)11)30(43(14)15)21-26(3)45-36/h23,25-28,30-34,36H,20-22,24H2,1-19H3/t25-,26-,27+,28-,30+,31-,32+,33-,34-,36+,39?,40?,41?/m1/s1. The molecular weight excluding hydrogens is 771 g/mol. The Morgan fingerprint density at radius 2 is 1.47 bits per heavy atom. The average molecular weight is 847 g/mol. The molecule has 3 fully saturated rings. The third-order valence-electron chi connectivity index (χ3n) is 13.9. The number of cyclic esters (lactones) is 1. The lowest BCUT2D eigenvalue weighted by Gasteiger charge is -2.52. The molecule has 0 saturated carbocycles. The highest BCUT2D eigenvalue weighted by Crippen LogP contribution is 2.57. The van der Waals surface area contributed by atoms with E-state index in [-0.39, 0.29) is 46.1 Å². The van der Waals surface area contributed by atoms with Gasteiger partial charge in [0.1, 0.15) is 17.8 Å². The first-order chi connectivity index (χ1) is 24.0. The van der Waals surface area contributed by atoms with Gasteiger partial charge in [-0.15, -0.1) is 0 Å². The van der Waals surface area contributed by atoms with Crippen molar-refractivity contribution in [2.75, 3.05) is 19.4 Å². The lowest BCUT2D eigenvalue weighted by Crippen LogP contribution is -2.63. The lowest BCUT2D eigenvalue weighted by molar-refractivity contribution is -0.326. The average Bonchev–Trinajstić information content (AvgIpc) is 3.46. The van der Waals surface area contributed by atoms with E-state index < -0.39 is 64.1 Å². The fraction of sp³-hybridized carbons (Fsp3) is 0.927. The van der Waals surface area contributed by atoms with Crippen molar-refractivity contribution < 1.29 is 37.3 Å². The quantitative estimate of drug-likeness (QED) is 0.0976. The van der Waals surface area contributed by atoms with Gasteiger partial charge < -0.3 is 37.4 Å². The molecule has 4 aliphatic rings. The highest BCUT2D eigenvalue weighted by molar-refractivity contribution is 9.09. The largest absolute Gasteiger partial charge is 0.459 e. The molecule has 3 bridgehead atoms. The number of nitrogens with zero attached hydrogens (tertiary/aromatic N) is 1. The number of hydrogen-bond donors (Lipinski definition) is 0. The Hall–Kier alpha value is -0.156. The SMILES string of the molecule is CC[C@H]1OC(=O)[C@H](C)[C@@H](O[Si](C)(C)C(C)(C)C)[C@H](C)[C@@H](O[C@@H]2O[C@H](C)C[C@H](N(C)C)[C@H]2O[Si](C)(C)C(C)(C)C)C2(C)C[C@@H](C)C3(OC1(C)C=C3CBr)O2. The molecule has 0 radical (unpaired) electrons. The van der Waals surface area contributed by atoms with Crippen LogP contribution in [0.25, 0.3) is 0 Å². The summed E-state index contributed by atoms with van der Waals surface area (Å²) in [6.07, 6.45) is 1.55. The van der Waals surface area contributed by atoms with Gasteiger partial charge in [0.05, 0.1) is 29.8 Å². The van der Waals surface area contributed by atoms with Crippen molar-refractivity contribution in [3.8, 4) is 0 Å². The van der Waals surface area contributed by atoms with Gasteiger partial charge in [-0.1, -0.05) is 78.2 Å². The van der Waals surface area contributed by atoms with E-state index in [4.69, 9.17) is 32.5 Å². The van der Waals surface area contributed by atoms with E-state index in [0.717, 1.165) is 12.0 Å². The number of carbonyl (C=O) groups is 1. The summed E-state index contributed by atoms with van der Waals surface area (Å²) in [4.78, 5) is 16.7. The van der Waals surface area contributed by atoms with Crippen molar-refractivity contribution in [3.05, 3.63) is 11.6 Å². The minimum atomic E-state index is -2.42. The summed E-state index contributed by atoms with van der Waals surface area (Å²) in [5.74, 6) is -2.24. The van der Waals surface area contributed by atoms with Crippen molar-refractivity contribution >= 4 is 38.5 Å². The van der Waals surface area contributed by atoms with Crippen LogP contribution in [-0.2, 0) is 37.3 Å². The van der Waals surface area contributed by atoms with E-state index in [1.54, 1.807) is 0 Å². The Labute approximate surface area is 333 Å². The summed E-state index contributed by atoms with van der Waals surface area (Å²) in [5, 5.41) is 0.463. The molecule has 13 atom stereocenters. The van der Waals surface area contributed by atoms with E-state index in [1.165, 1.54) is 0 Å². The number of likely N-dealkylation sites (N-methyl/N-ethyl adjacent to an activating group) is 1. The smallest absolute Gasteiger partial charge is 0.311 e. The van der Waals surface area contributed by atoms with Gasteiger partial charge in [0.15, 0.2) is 28.7 Å². The molecule has 3 saturated heterocycles. The highest BCUT2D eigenvalue weighted by atomic mass is 79.9. The number of alkyl halides is 1. The van der Waals surface area contributed by atoms with Crippen molar-refractivity contribution in [2.45, 2.75) is 205 Å². The maximum atomic E-state index is 14.5. The minimum Gasteiger partial charge on any atom is -0.459 e. The normalized spacial score (nSPS) is 41.9. The monoisotopic (exact) mass is 845 g/mol. The Kier molecular flexibility index (Phi) is 13.4. The Morgan fingerprint density at radius 1 is 0.925 bits per heavy atom. The van der Waals surface area contributed by atoms with E-state index in [0.29, 0.717) is 18.2 Å². The van der Waals surface area contributed by atoms with Gasteiger partial charge in [-0.25, -0.2) is 0 Å². The Morgan fingerprint density at radius 3 is 1.96 bits per heavy atom. The van der Waals surface area contributed by atoms with Crippen LogP contribution in [0.4, 0.5) is 0 Å². The minimum absolute atomic E-state index is 0.0145. The molecule has 0 amide bonds. The molecule has 0 aliphatic carbocycles. The summed E-state index contributed by atoms with van der Waals surface area (Å²) < 4.78 is 50.1. The number of halogens is 1. The lowest BCUT2D eigenvalue weighted by atomic mass is 9.78. The number of carbonyl (C=O) groups excluding carboxylic acids is 1. The fourth-order valence-electron chi connectivity index (χ4n) is 8.66. The second-order valence-electron chi connectivity index (χ2n) is 20.6. The van der Waals surface area contributed by atoms with Crippen LogP contribution in [0, 0.1) is 17.8 Å². The second-order valence-corrected chi connectivity index (χ2v) is 30.7. The number of ether oxygens (including phenoxy) is 5. The summed E-state index contributed by atoms with van der Waals surface area (Å²) in [5.41, 5.74) is -0.718. The van der Waals surface area contributed by atoms with Crippen LogP contribution >= 0.6 is 15.9 Å². The van der Waals surface area contributed by atoms with E-state index in [1.807, 2.05) is 20.8 Å². The third kappa shape index (κ3) is 8.68. The van der Waals surface area contributed by atoms with Crippen LogP contribution in [0.5, 0.6) is 0 Å². The number of esters is 1. The molecule has 4 rings (SSSR count). The van der Waals surface area contributed by atoms with Gasteiger partial charge in [-0.3, -0.25) is 4.79 Å². The molecule has 3 unspecified atom stereocenters. The van der Waals surface area contributed by atoms with Gasteiger partial charge in [0, 0.05) is 23.2 Å². The van der Waals surface area contributed by atoms with Gasteiger partial charge in [-0.2, -0.15) is 0 Å². The zero-order valence-electron chi connectivity index (χ0n) is 36.8. The second kappa shape index (κ2) is 15.5. The zero-order valence-corrected chi connectivity index (χ0v) is 40.4. The molecule has 53 heavy (non-hydrogen) atoms. The van der Waals surface area contributed by atoms with Gasteiger partial charge in [0.2, 0.25) is 0 Å². The van der Waals surface area contributed by atoms with Crippen LogP contribution in [0.3, 0.4) is 0 Å². The summed E-state index contributed by atoms with van der Waals surface area (Å²) >= 11 is 3.79. The summed E-state index contributed by atoms with van der Waals surface area (Å²) in [6.45, 7) is 37.3. The van der Waals surface area contributed by atoms with E-state index in [9.17, 15) is 4.79 Å². The van der Waals surface area contributed by atoms with Crippen molar-refractivity contribution in [3.63, 3.8) is 0 Å². The van der Waals surface area contributed by atoms with Crippen LogP contribution in [0.15, 0.2) is 11.6 Å². The molecule has 0 N–H and O–H groups in total. The number of rotatable bonds is 9. The molecule has 308 valence electrons. The van der Waals surface area contributed by atoms with Crippen molar-refractivity contribution in [2.24, 2.45) is 17.8 Å². The first-order valence-corrected chi connectivity index (χ1v) is 27.1.